The smallest absolute Gasteiger partial charge is 0.254 e. The molecule has 1 unspecified atom stereocenters. The quantitative estimate of drug-likeness (QED) is 0.808. The summed E-state index contributed by atoms with van der Waals surface area (Å²) in [5.74, 6) is 0.169. The molecule has 1 aromatic carbocycles. The second-order valence-corrected chi connectivity index (χ2v) is 5.70. The summed E-state index contributed by atoms with van der Waals surface area (Å²) in [6.07, 6.45) is 0.453. The largest absolute Gasteiger partial charge is 0.337 e. The number of Topliss-reactive ketones (excluding diaryl/α,β-unsaturated/α-hetero) is 1. The predicted molar refractivity (Wildman–Crippen MR) is 81.2 cm³/mol. The maximum Gasteiger partial charge on any atom is 0.254 e. The SMILES string of the molecule is Cc1cc(C(=O)N2CCC(=O)C(C)C2)c2ccccc2n1. The Morgan fingerprint density at radius 1 is 1.33 bits per heavy atom. The van der Waals surface area contributed by atoms with Crippen LogP contribution in [0.1, 0.15) is 29.4 Å². The lowest BCUT2D eigenvalue weighted by Crippen LogP contribution is -2.43. The molecule has 1 aliphatic rings. The van der Waals surface area contributed by atoms with E-state index in [1.54, 1.807) is 4.90 Å². The lowest BCUT2D eigenvalue weighted by atomic mass is 9.97. The number of fused-ring (bicyclic) bond motifs is 1. The molecule has 0 bridgehead atoms. The monoisotopic (exact) mass is 282 g/mol. The maximum absolute atomic E-state index is 12.8. The zero-order valence-electron chi connectivity index (χ0n) is 12.3. The van der Waals surface area contributed by atoms with Gasteiger partial charge in [0.2, 0.25) is 0 Å². The summed E-state index contributed by atoms with van der Waals surface area (Å²) in [6.45, 7) is 4.80. The summed E-state index contributed by atoms with van der Waals surface area (Å²) in [5, 5.41) is 0.873. The number of hydrogen-bond donors (Lipinski definition) is 0. The van der Waals surface area contributed by atoms with Crippen LogP contribution >= 0.6 is 0 Å². The highest BCUT2D eigenvalue weighted by molar-refractivity contribution is 6.06. The number of pyridine rings is 1. The molecule has 4 heteroatoms. The van der Waals surface area contributed by atoms with Gasteiger partial charge in [0.15, 0.2) is 0 Å². The van der Waals surface area contributed by atoms with E-state index in [2.05, 4.69) is 4.98 Å². The van der Waals surface area contributed by atoms with E-state index in [0.29, 0.717) is 25.1 Å². The van der Waals surface area contributed by atoms with Crippen molar-refractivity contribution in [2.45, 2.75) is 20.3 Å². The summed E-state index contributed by atoms with van der Waals surface area (Å²) in [7, 11) is 0. The minimum Gasteiger partial charge on any atom is -0.337 e. The number of likely N-dealkylation sites (tertiary alicyclic amines) is 1. The van der Waals surface area contributed by atoms with E-state index in [-0.39, 0.29) is 17.6 Å². The first-order chi connectivity index (χ1) is 10.1. The van der Waals surface area contributed by atoms with E-state index in [9.17, 15) is 9.59 Å². The third kappa shape index (κ3) is 2.53. The molecular weight excluding hydrogens is 264 g/mol. The molecule has 0 spiro atoms. The van der Waals surface area contributed by atoms with Crippen LogP contribution in [0.3, 0.4) is 0 Å². The van der Waals surface area contributed by atoms with E-state index in [1.807, 2.05) is 44.2 Å². The van der Waals surface area contributed by atoms with Gasteiger partial charge in [0.1, 0.15) is 5.78 Å². The number of carbonyl (C=O) groups excluding carboxylic acids is 2. The molecule has 3 rings (SSSR count). The first-order valence-corrected chi connectivity index (χ1v) is 7.24. The summed E-state index contributed by atoms with van der Waals surface area (Å²) in [6, 6.07) is 9.52. The molecule has 1 atom stereocenters. The van der Waals surface area contributed by atoms with E-state index in [4.69, 9.17) is 0 Å². The minimum absolute atomic E-state index is 0.00366. The van der Waals surface area contributed by atoms with Crippen LogP contribution in [0.15, 0.2) is 30.3 Å². The highest BCUT2D eigenvalue weighted by atomic mass is 16.2. The molecule has 0 aliphatic carbocycles. The first kappa shape index (κ1) is 13.7. The Morgan fingerprint density at radius 3 is 2.86 bits per heavy atom. The van der Waals surface area contributed by atoms with Gasteiger partial charge in [-0.15, -0.1) is 0 Å². The Morgan fingerprint density at radius 2 is 2.10 bits per heavy atom. The minimum atomic E-state index is -0.0723. The predicted octanol–water partition coefficient (Wildman–Crippen LogP) is 2.59. The fourth-order valence-electron chi connectivity index (χ4n) is 2.85. The highest BCUT2D eigenvalue weighted by Gasteiger charge is 2.28. The number of para-hydroxylation sites is 1. The molecule has 0 N–H and O–H groups in total. The Bertz CT molecular complexity index is 724. The van der Waals surface area contributed by atoms with E-state index in [0.717, 1.165) is 16.6 Å². The lowest BCUT2D eigenvalue weighted by Gasteiger charge is -2.30. The first-order valence-electron chi connectivity index (χ1n) is 7.24. The molecule has 1 amide bonds. The number of carbonyl (C=O) groups is 2. The van der Waals surface area contributed by atoms with Crippen LogP contribution in [0, 0.1) is 12.8 Å². The van der Waals surface area contributed by atoms with Gasteiger partial charge < -0.3 is 4.90 Å². The lowest BCUT2D eigenvalue weighted by molar-refractivity contribution is -0.124. The second-order valence-electron chi connectivity index (χ2n) is 5.70. The molecule has 1 aromatic heterocycles. The number of benzene rings is 1. The van der Waals surface area contributed by atoms with Crippen LogP contribution in [0.25, 0.3) is 10.9 Å². The van der Waals surface area contributed by atoms with Crippen molar-refractivity contribution >= 4 is 22.6 Å². The molecular formula is C17H18N2O2. The zero-order valence-corrected chi connectivity index (χ0v) is 12.3. The van der Waals surface area contributed by atoms with Crippen LogP contribution in [-0.2, 0) is 4.79 Å². The molecule has 1 aliphatic heterocycles. The second kappa shape index (κ2) is 5.28. The number of aromatic nitrogens is 1. The summed E-state index contributed by atoms with van der Waals surface area (Å²) in [4.78, 5) is 30.7. The van der Waals surface area contributed by atoms with Crippen molar-refractivity contribution in [3.8, 4) is 0 Å². The number of aryl methyl sites for hydroxylation is 1. The number of piperidine rings is 1. The standard InChI is InChI=1S/C17H18N2O2/c1-11-10-19(8-7-16(11)20)17(21)14-9-12(2)18-15-6-4-3-5-13(14)15/h3-6,9,11H,7-8,10H2,1-2H3. The van der Waals surface area contributed by atoms with Crippen molar-refractivity contribution in [3.05, 3.63) is 41.6 Å². The number of hydrogen-bond acceptors (Lipinski definition) is 3. The normalized spacial score (nSPS) is 19.0. The Balaban J connectivity index is 2.00. The van der Waals surface area contributed by atoms with Crippen LogP contribution in [0.5, 0.6) is 0 Å². The maximum atomic E-state index is 12.8. The summed E-state index contributed by atoms with van der Waals surface area (Å²) >= 11 is 0. The summed E-state index contributed by atoms with van der Waals surface area (Å²) < 4.78 is 0. The topological polar surface area (TPSA) is 50.3 Å². The van der Waals surface area contributed by atoms with Crippen LogP contribution < -0.4 is 0 Å². The van der Waals surface area contributed by atoms with Gasteiger partial charge >= 0.3 is 0 Å². The van der Waals surface area contributed by atoms with Crippen molar-refractivity contribution in [1.29, 1.82) is 0 Å². The molecule has 0 saturated carbocycles. The number of amides is 1. The van der Waals surface area contributed by atoms with Crippen molar-refractivity contribution in [2.75, 3.05) is 13.1 Å². The molecule has 2 heterocycles. The van der Waals surface area contributed by atoms with Gasteiger partial charge in [-0.25, -0.2) is 0 Å². The van der Waals surface area contributed by atoms with E-state index >= 15 is 0 Å². The number of nitrogens with zero attached hydrogens (tertiary/aromatic N) is 2. The molecule has 0 radical (unpaired) electrons. The van der Waals surface area contributed by atoms with Gasteiger partial charge in [-0.3, -0.25) is 14.6 Å². The Hall–Kier alpha value is -2.23. The molecule has 1 fully saturated rings. The molecule has 1 saturated heterocycles. The van der Waals surface area contributed by atoms with Crippen molar-refractivity contribution in [3.63, 3.8) is 0 Å². The van der Waals surface area contributed by atoms with Gasteiger partial charge in [-0.1, -0.05) is 25.1 Å². The van der Waals surface area contributed by atoms with Gasteiger partial charge in [0.05, 0.1) is 11.1 Å². The third-order valence-corrected chi connectivity index (χ3v) is 4.03. The van der Waals surface area contributed by atoms with Crippen LogP contribution in [0.4, 0.5) is 0 Å². The summed E-state index contributed by atoms with van der Waals surface area (Å²) in [5.41, 5.74) is 2.35. The molecule has 21 heavy (non-hydrogen) atoms. The molecule has 4 nitrogen and oxygen atoms in total. The average molecular weight is 282 g/mol. The van der Waals surface area contributed by atoms with Gasteiger partial charge in [0, 0.05) is 36.5 Å². The van der Waals surface area contributed by atoms with Crippen LogP contribution in [0.2, 0.25) is 0 Å². The number of rotatable bonds is 1. The van der Waals surface area contributed by atoms with Crippen LogP contribution in [-0.4, -0.2) is 34.7 Å². The fourth-order valence-corrected chi connectivity index (χ4v) is 2.85. The van der Waals surface area contributed by atoms with Crippen molar-refractivity contribution in [2.24, 2.45) is 5.92 Å². The fraction of sp³-hybridized carbons (Fsp3) is 0.353. The van der Waals surface area contributed by atoms with Gasteiger partial charge in [-0.2, -0.15) is 0 Å². The van der Waals surface area contributed by atoms with Crippen molar-refractivity contribution in [1.82, 2.24) is 9.88 Å². The van der Waals surface area contributed by atoms with Crippen molar-refractivity contribution < 1.29 is 9.59 Å². The Kier molecular flexibility index (Phi) is 3.45. The molecule has 108 valence electrons. The zero-order chi connectivity index (χ0) is 15.0. The van der Waals surface area contributed by atoms with E-state index in [1.165, 1.54) is 0 Å². The number of ketones is 1. The average Bonchev–Trinajstić information content (AvgIpc) is 2.48. The Labute approximate surface area is 123 Å². The van der Waals surface area contributed by atoms with E-state index < -0.39 is 0 Å². The van der Waals surface area contributed by atoms with Gasteiger partial charge in [-0.05, 0) is 19.1 Å². The highest BCUT2D eigenvalue weighted by Crippen LogP contribution is 2.22. The van der Waals surface area contributed by atoms with Gasteiger partial charge in [0.25, 0.3) is 5.91 Å². The third-order valence-electron chi connectivity index (χ3n) is 4.03. The molecule has 2 aromatic rings.